The molecule has 1 fully saturated rings. The summed E-state index contributed by atoms with van der Waals surface area (Å²) in [5.74, 6) is 0.802. The van der Waals surface area contributed by atoms with Crippen molar-refractivity contribution in [2.24, 2.45) is 5.92 Å². The van der Waals surface area contributed by atoms with E-state index in [1.165, 1.54) is 12.1 Å². The highest BCUT2D eigenvalue weighted by Gasteiger charge is 2.28. The van der Waals surface area contributed by atoms with Crippen molar-refractivity contribution in [3.05, 3.63) is 59.7 Å². The highest BCUT2D eigenvalue weighted by molar-refractivity contribution is 7.89. The molecule has 1 aliphatic rings. The maximum Gasteiger partial charge on any atom is 0.251 e. The summed E-state index contributed by atoms with van der Waals surface area (Å²) in [5.41, 5.74) is 1.29. The lowest BCUT2D eigenvalue weighted by atomic mass is 10.0. The van der Waals surface area contributed by atoms with E-state index in [1.807, 2.05) is 31.2 Å². The molecule has 0 bridgehead atoms. The van der Waals surface area contributed by atoms with Crippen molar-refractivity contribution in [2.75, 3.05) is 20.2 Å². The van der Waals surface area contributed by atoms with Crippen molar-refractivity contribution in [1.29, 1.82) is 0 Å². The van der Waals surface area contributed by atoms with Crippen molar-refractivity contribution < 1.29 is 17.9 Å². The van der Waals surface area contributed by atoms with E-state index in [-0.39, 0.29) is 16.8 Å². The summed E-state index contributed by atoms with van der Waals surface area (Å²) in [5, 5.41) is 2.94. The van der Waals surface area contributed by atoms with Crippen LogP contribution in [0.3, 0.4) is 0 Å². The van der Waals surface area contributed by atoms with Crippen LogP contribution in [-0.2, 0) is 10.0 Å². The monoisotopic (exact) mass is 416 g/mol. The van der Waals surface area contributed by atoms with Gasteiger partial charge in [-0.3, -0.25) is 4.79 Å². The first-order valence-electron chi connectivity index (χ1n) is 9.87. The topological polar surface area (TPSA) is 75.7 Å². The summed E-state index contributed by atoms with van der Waals surface area (Å²) in [4.78, 5) is 12.8. The number of carbonyl (C=O) groups excluding carboxylic acids is 1. The third-order valence-electron chi connectivity index (χ3n) is 5.33. The summed E-state index contributed by atoms with van der Waals surface area (Å²) in [6.07, 6.45) is 1.93. The molecule has 0 unspecified atom stereocenters. The number of methoxy groups -OCH3 is 1. The molecule has 2 atom stereocenters. The van der Waals surface area contributed by atoms with Gasteiger partial charge in [0.1, 0.15) is 5.75 Å². The van der Waals surface area contributed by atoms with E-state index in [0.717, 1.165) is 18.4 Å². The lowest BCUT2D eigenvalue weighted by Crippen LogP contribution is -2.39. The second-order valence-electron chi connectivity index (χ2n) is 7.57. The molecule has 1 saturated heterocycles. The zero-order valence-corrected chi connectivity index (χ0v) is 17.9. The molecule has 6 nitrogen and oxygen atoms in total. The SMILES string of the molecule is COc1ccccc1[C@@H](C)NC(=O)c1ccc(S(=O)(=O)N2CCC[C@@H](C)C2)cc1. The molecule has 0 aromatic heterocycles. The van der Waals surface area contributed by atoms with Crippen molar-refractivity contribution in [3.63, 3.8) is 0 Å². The summed E-state index contributed by atoms with van der Waals surface area (Å²) in [7, 11) is -1.93. The van der Waals surface area contributed by atoms with E-state index in [4.69, 9.17) is 4.74 Å². The Labute approximate surface area is 172 Å². The number of carbonyl (C=O) groups is 1. The van der Waals surface area contributed by atoms with Gasteiger partial charge in [-0.05, 0) is 56.0 Å². The van der Waals surface area contributed by atoms with E-state index in [9.17, 15) is 13.2 Å². The van der Waals surface area contributed by atoms with Gasteiger partial charge in [0.15, 0.2) is 0 Å². The van der Waals surface area contributed by atoms with E-state index < -0.39 is 10.0 Å². The zero-order valence-electron chi connectivity index (χ0n) is 17.1. The van der Waals surface area contributed by atoms with Crippen LogP contribution in [0, 0.1) is 5.92 Å². The average molecular weight is 417 g/mol. The Bertz CT molecular complexity index is 957. The molecule has 0 radical (unpaired) electrons. The molecule has 0 saturated carbocycles. The van der Waals surface area contributed by atoms with Crippen LogP contribution in [0.15, 0.2) is 53.4 Å². The number of ether oxygens (including phenoxy) is 1. The van der Waals surface area contributed by atoms with Gasteiger partial charge < -0.3 is 10.1 Å². The molecule has 0 aliphatic carbocycles. The summed E-state index contributed by atoms with van der Waals surface area (Å²) in [6.45, 7) is 5.04. The molecule has 29 heavy (non-hydrogen) atoms. The van der Waals surface area contributed by atoms with Crippen LogP contribution in [0.5, 0.6) is 5.75 Å². The van der Waals surface area contributed by atoms with Gasteiger partial charge in [-0.1, -0.05) is 25.1 Å². The Hall–Kier alpha value is -2.38. The molecule has 3 rings (SSSR count). The van der Waals surface area contributed by atoms with Crippen molar-refractivity contribution in [3.8, 4) is 5.75 Å². The molecular weight excluding hydrogens is 388 g/mol. The molecular formula is C22H28N2O4S. The summed E-state index contributed by atoms with van der Waals surface area (Å²) in [6, 6.07) is 13.4. The largest absolute Gasteiger partial charge is 0.496 e. The number of nitrogens with one attached hydrogen (secondary N) is 1. The smallest absolute Gasteiger partial charge is 0.251 e. The minimum atomic E-state index is -3.53. The molecule has 0 spiro atoms. The van der Waals surface area contributed by atoms with Crippen molar-refractivity contribution in [1.82, 2.24) is 9.62 Å². The standard InChI is InChI=1S/C22H28N2O4S/c1-16-7-6-14-24(15-16)29(26,27)19-12-10-18(11-13-19)22(25)23-17(2)20-8-4-5-9-21(20)28-3/h4-5,8-13,16-17H,6-7,14-15H2,1-3H3,(H,23,25)/t16-,17-/m1/s1. The van der Waals surface area contributed by atoms with Crippen LogP contribution in [-0.4, -0.2) is 38.8 Å². The van der Waals surface area contributed by atoms with Crippen LogP contribution in [0.25, 0.3) is 0 Å². The second kappa shape index (κ2) is 8.97. The van der Waals surface area contributed by atoms with Gasteiger partial charge in [0, 0.05) is 24.2 Å². The van der Waals surface area contributed by atoms with Crippen LogP contribution in [0.2, 0.25) is 0 Å². The number of piperidine rings is 1. The molecule has 2 aromatic rings. The van der Waals surface area contributed by atoms with Gasteiger partial charge in [0.2, 0.25) is 10.0 Å². The molecule has 156 valence electrons. The number of rotatable bonds is 6. The second-order valence-corrected chi connectivity index (χ2v) is 9.51. The maximum atomic E-state index is 12.9. The first-order chi connectivity index (χ1) is 13.8. The fourth-order valence-electron chi connectivity index (χ4n) is 3.67. The van der Waals surface area contributed by atoms with Gasteiger partial charge in [0.05, 0.1) is 18.0 Å². The fraction of sp³-hybridized carbons (Fsp3) is 0.409. The Morgan fingerprint density at radius 1 is 1.17 bits per heavy atom. The molecule has 1 N–H and O–H groups in total. The van der Waals surface area contributed by atoms with Crippen LogP contribution >= 0.6 is 0 Å². The first-order valence-corrected chi connectivity index (χ1v) is 11.3. The van der Waals surface area contributed by atoms with Gasteiger partial charge in [-0.15, -0.1) is 0 Å². The van der Waals surface area contributed by atoms with E-state index in [0.29, 0.717) is 30.3 Å². The third-order valence-corrected chi connectivity index (χ3v) is 7.21. The van der Waals surface area contributed by atoms with Gasteiger partial charge >= 0.3 is 0 Å². The van der Waals surface area contributed by atoms with Crippen molar-refractivity contribution >= 4 is 15.9 Å². The number of benzene rings is 2. The average Bonchev–Trinajstić information content (AvgIpc) is 2.73. The minimum absolute atomic E-state index is 0.223. The number of hydrogen-bond donors (Lipinski definition) is 1. The Balaban J connectivity index is 1.71. The van der Waals surface area contributed by atoms with Crippen LogP contribution in [0.1, 0.15) is 48.7 Å². The van der Waals surface area contributed by atoms with E-state index in [2.05, 4.69) is 12.2 Å². The normalized spacial score (nSPS) is 18.8. The molecule has 1 heterocycles. The fourth-order valence-corrected chi connectivity index (χ4v) is 5.27. The predicted molar refractivity (Wildman–Crippen MR) is 112 cm³/mol. The predicted octanol–water partition coefficient (Wildman–Crippen LogP) is 3.61. The Kier molecular flexibility index (Phi) is 6.59. The van der Waals surface area contributed by atoms with Gasteiger partial charge in [-0.2, -0.15) is 4.31 Å². The Morgan fingerprint density at radius 2 is 1.86 bits per heavy atom. The minimum Gasteiger partial charge on any atom is -0.496 e. The van der Waals surface area contributed by atoms with Gasteiger partial charge in [0.25, 0.3) is 5.91 Å². The van der Waals surface area contributed by atoms with Crippen molar-refractivity contribution in [2.45, 2.75) is 37.6 Å². The quantitative estimate of drug-likeness (QED) is 0.781. The van der Waals surface area contributed by atoms with Gasteiger partial charge in [-0.25, -0.2) is 8.42 Å². The zero-order chi connectivity index (χ0) is 21.0. The lowest BCUT2D eigenvalue weighted by molar-refractivity contribution is 0.0939. The summed E-state index contributed by atoms with van der Waals surface area (Å²) >= 11 is 0. The number of sulfonamides is 1. The highest BCUT2D eigenvalue weighted by atomic mass is 32.2. The van der Waals surface area contributed by atoms with Crippen LogP contribution < -0.4 is 10.1 Å². The number of hydrogen-bond acceptors (Lipinski definition) is 4. The maximum absolute atomic E-state index is 12.9. The number of para-hydroxylation sites is 1. The first kappa shape index (κ1) is 21.3. The molecule has 7 heteroatoms. The highest BCUT2D eigenvalue weighted by Crippen LogP contribution is 2.26. The molecule has 1 amide bonds. The van der Waals surface area contributed by atoms with E-state index >= 15 is 0 Å². The summed E-state index contributed by atoms with van der Waals surface area (Å²) < 4.78 is 32.6. The third kappa shape index (κ3) is 4.79. The van der Waals surface area contributed by atoms with E-state index in [1.54, 1.807) is 23.5 Å². The molecule has 2 aromatic carbocycles. The molecule has 1 aliphatic heterocycles. The number of nitrogens with zero attached hydrogens (tertiary/aromatic N) is 1. The van der Waals surface area contributed by atoms with Crippen LogP contribution in [0.4, 0.5) is 0 Å². The number of amides is 1. The Morgan fingerprint density at radius 3 is 2.52 bits per heavy atom. The lowest BCUT2D eigenvalue weighted by Gasteiger charge is -2.30.